The SMILES string of the molecule is CNC(C)C(=O)N1CCn2cc(-c3ccc4c(=O)c(C(=O)O)cn(C5CC5)c4c3OC(F)F)cc2C1. The summed E-state index contributed by atoms with van der Waals surface area (Å²) in [5, 5.41) is 12.5. The van der Waals surface area contributed by atoms with Crippen LogP contribution in [0.1, 0.15) is 41.9 Å². The number of hydrogen-bond acceptors (Lipinski definition) is 5. The number of hydrogen-bond donors (Lipinski definition) is 2. The number of pyridine rings is 1. The molecule has 1 amide bonds. The molecule has 0 radical (unpaired) electrons. The van der Waals surface area contributed by atoms with Crippen LogP contribution < -0.4 is 15.5 Å². The van der Waals surface area contributed by atoms with Gasteiger partial charge in [0.1, 0.15) is 5.56 Å². The molecule has 190 valence electrons. The standard InChI is InChI=1S/C25H26F2N4O5/c1-13(28-2)23(33)30-8-7-29-10-14(9-16(29)11-30)17-5-6-18-20(22(17)36-25(26)27)31(15-3-4-15)12-19(21(18)32)24(34)35/h5-6,9-10,12-13,15,25,28H,3-4,7-8,11H2,1-2H3,(H,34,35). The largest absolute Gasteiger partial charge is 0.477 e. The minimum absolute atomic E-state index is 0.0167. The molecule has 5 rings (SSSR count). The van der Waals surface area contributed by atoms with Gasteiger partial charge in [-0.05, 0) is 45.0 Å². The molecule has 9 nitrogen and oxygen atoms in total. The highest BCUT2D eigenvalue weighted by molar-refractivity contribution is 5.97. The Morgan fingerprint density at radius 3 is 2.58 bits per heavy atom. The summed E-state index contributed by atoms with van der Waals surface area (Å²) in [7, 11) is 1.72. The number of carboxylic acids is 1. The van der Waals surface area contributed by atoms with E-state index in [-0.39, 0.29) is 34.6 Å². The van der Waals surface area contributed by atoms with Gasteiger partial charge in [0.25, 0.3) is 0 Å². The van der Waals surface area contributed by atoms with Crippen LogP contribution >= 0.6 is 0 Å². The lowest BCUT2D eigenvalue weighted by Gasteiger charge is -2.30. The highest BCUT2D eigenvalue weighted by Gasteiger charge is 2.31. The van der Waals surface area contributed by atoms with Crippen LogP contribution in [0, 0.1) is 0 Å². The van der Waals surface area contributed by atoms with Crippen molar-refractivity contribution >= 4 is 22.8 Å². The molecule has 2 aromatic heterocycles. The van der Waals surface area contributed by atoms with Crippen LogP contribution in [0.15, 0.2) is 35.4 Å². The van der Waals surface area contributed by atoms with Crippen molar-refractivity contribution in [2.24, 2.45) is 0 Å². The van der Waals surface area contributed by atoms with Crippen molar-refractivity contribution in [3.8, 4) is 16.9 Å². The number of nitrogens with one attached hydrogen (secondary N) is 1. The Morgan fingerprint density at radius 2 is 1.94 bits per heavy atom. The minimum atomic E-state index is -3.15. The lowest BCUT2D eigenvalue weighted by molar-refractivity contribution is -0.134. The van der Waals surface area contributed by atoms with Gasteiger partial charge in [0.05, 0.1) is 23.5 Å². The molecule has 0 spiro atoms. The molecule has 2 N–H and O–H groups in total. The second-order valence-corrected chi connectivity index (χ2v) is 9.22. The fourth-order valence-corrected chi connectivity index (χ4v) is 4.78. The topological polar surface area (TPSA) is 106 Å². The predicted molar refractivity (Wildman–Crippen MR) is 127 cm³/mol. The zero-order valence-electron chi connectivity index (χ0n) is 19.8. The molecular formula is C25H26F2N4O5. The van der Waals surface area contributed by atoms with Crippen molar-refractivity contribution in [3.63, 3.8) is 0 Å². The van der Waals surface area contributed by atoms with Crippen LogP contribution in [0.25, 0.3) is 22.0 Å². The first kappa shape index (κ1) is 24.0. The van der Waals surface area contributed by atoms with Crippen LogP contribution in [-0.4, -0.2) is 57.3 Å². The van der Waals surface area contributed by atoms with Gasteiger partial charge in [-0.1, -0.05) is 0 Å². The van der Waals surface area contributed by atoms with Crippen LogP contribution in [0.5, 0.6) is 5.75 Å². The Morgan fingerprint density at radius 1 is 1.19 bits per heavy atom. The van der Waals surface area contributed by atoms with E-state index >= 15 is 0 Å². The third-order valence-electron chi connectivity index (χ3n) is 6.90. The van der Waals surface area contributed by atoms with Gasteiger partial charge in [-0.2, -0.15) is 8.78 Å². The van der Waals surface area contributed by atoms with Crippen molar-refractivity contribution in [3.05, 3.63) is 52.1 Å². The molecule has 2 aliphatic rings. The number of alkyl halides is 2. The Hall–Kier alpha value is -3.73. The summed E-state index contributed by atoms with van der Waals surface area (Å²) in [5.74, 6) is -1.56. The second-order valence-electron chi connectivity index (χ2n) is 9.22. The van der Waals surface area contributed by atoms with Gasteiger partial charge in [0, 0.05) is 48.3 Å². The summed E-state index contributed by atoms with van der Waals surface area (Å²) >= 11 is 0. The van der Waals surface area contributed by atoms with Gasteiger partial charge in [0.15, 0.2) is 5.75 Å². The number of likely N-dealkylation sites (N-methyl/N-ethyl adjacent to an activating group) is 1. The zero-order chi connectivity index (χ0) is 25.7. The van der Waals surface area contributed by atoms with Gasteiger partial charge in [0.2, 0.25) is 11.3 Å². The van der Waals surface area contributed by atoms with Crippen LogP contribution in [0.2, 0.25) is 0 Å². The maximum absolute atomic E-state index is 13.6. The monoisotopic (exact) mass is 500 g/mol. The molecule has 1 saturated carbocycles. The summed E-state index contributed by atoms with van der Waals surface area (Å²) in [6, 6.07) is 4.38. The summed E-state index contributed by atoms with van der Waals surface area (Å²) in [6.45, 7) is 0.0797. The van der Waals surface area contributed by atoms with Crippen LogP contribution in [0.3, 0.4) is 0 Å². The fraction of sp³-hybridized carbons (Fsp3) is 0.400. The van der Waals surface area contributed by atoms with Crippen molar-refractivity contribution in [1.82, 2.24) is 19.4 Å². The Balaban J connectivity index is 1.65. The van der Waals surface area contributed by atoms with E-state index in [2.05, 4.69) is 5.32 Å². The Kier molecular flexibility index (Phi) is 6.03. The predicted octanol–water partition coefficient (Wildman–Crippen LogP) is 3.05. The average Bonchev–Trinajstić information content (AvgIpc) is 3.60. The normalized spacial score (nSPS) is 16.3. The first-order chi connectivity index (χ1) is 17.2. The van der Waals surface area contributed by atoms with E-state index in [1.54, 1.807) is 23.4 Å². The number of nitrogens with zero attached hydrogens (tertiary/aromatic N) is 3. The number of rotatable bonds is 7. The Bertz CT molecular complexity index is 1430. The van der Waals surface area contributed by atoms with Gasteiger partial charge in [-0.3, -0.25) is 9.59 Å². The molecule has 0 saturated heterocycles. The van der Waals surface area contributed by atoms with Crippen molar-refractivity contribution in [2.75, 3.05) is 13.6 Å². The van der Waals surface area contributed by atoms with Gasteiger partial charge >= 0.3 is 12.6 Å². The molecule has 36 heavy (non-hydrogen) atoms. The first-order valence-electron chi connectivity index (χ1n) is 11.7. The molecule has 1 aromatic carbocycles. The number of aromatic carboxylic acids is 1. The summed E-state index contributed by atoms with van der Waals surface area (Å²) in [6.07, 6.45) is 4.53. The Labute approximate surface area is 204 Å². The summed E-state index contributed by atoms with van der Waals surface area (Å²) in [5.41, 5.74) is 0.818. The van der Waals surface area contributed by atoms with Crippen molar-refractivity contribution in [2.45, 2.75) is 51.6 Å². The third kappa shape index (κ3) is 4.13. The molecule has 1 unspecified atom stereocenters. The van der Waals surface area contributed by atoms with Crippen molar-refractivity contribution in [1.29, 1.82) is 0 Å². The number of benzene rings is 1. The number of fused-ring (bicyclic) bond motifs is 2. The smallest absolute Gasteiger partial charge is 0.387 e. The fourth-order valence-electron chi connectivity index (χ4n) is 4.78. The van der Waals surface area contributed by atoms with Crippen LogP contribution in [-0.2, 0) is 17.9 Å². The number of halogens is 2. The van der Waals surface area contributed by atoms with Crippen LogP contribution in [0.4, 0.5) is 8.78 Å². The molecule has 1 fully saturated rings. The summed E-state index contributed by atoms with van der Waals surface area (Å²) < 4.78 is 35.8. The lowest BCUT2D eigenvalue weighted by Crippen LogP contribution is -2.46. The van der Waals surface area contributed by atoms with Gasteiger partial charge < -0.3 is 29.2 Å². The van der Waals surface area contributed by atoms with E-state index < -0.39 is 23.6 Å². The molecule has 1 aliphatic heterocycles. The van der Waals surface area contributed by atoms with E-state index in [0.717, 1.165) is 18.5 Å². The van der Waals surface area contributed by atoms with Crippen molar-refractivity contribution < 1.29 is 28.2 Å². The molecule has 11 heteroatoms. The number of amides is 1. The number of carbonyl (C=O) groups excluding carboxylic acids is 1. The highest BCUT2D eigenvalue weighted by atomic mass is 19.3. The number of carboxylic acid groups (broad SMARTS) is 1. The maximum Gasteiger partial charge on any atom is 0.387 e. The maximum atomic E-state index is 13.6. The number of aromatic nitrogens is 2. The highest BCUT2D eigenvalue weighted by Crippen LogP contribution is 2.43. The van der Waals surface area contributed by atoms with E-state index in [1.165, 1.54) is 18.3 Å². The molecule has 1 aliphatic carbocycles. The van der Waals surface area contributed by atoms with E-state index in [9.17, 15) is 28.3 Å². The van der Waals surface area contributed by atoms with Gasteiger partial charge in [-0.25, -0.2) is 4.79 Å². The lowest BCUT2D eigenvalue weighted by atomic mass is 10.0. The average molecular weight is 501 g/mol. The summed E-state index contributed by atoms with van der Waals surface area (Å²) in [4.78, 5) is 38.9. The first-order valence-corrected chi connectivity index (χ1v) is 11.7. The minimum Gasteiger partial charge on any atom is -0.477 e. The molecule has 3 heterocycles. The number of ether oxygens (including phenoxy) is 1. The molecule has 3 aromatic rings. The van der Waals surface area contributed by atoms with E-state index in [4.69, 9.17) is 4.74 Å². The quantitative estimate of drug-likeness (QED) is 0.517. The van der Waals surface area contributed by atoms with Gasteiger partial charge in [-0.15, -0.1) is 0 Å². The molecular weight excluding hydrogens is 474 g/mol. The molecule has 1 atom stereocenters. The third-order valence-corrected chi connectivity index (χ3v) is 6.90. The zero-order valence-corrected chi connectivity index (χ0v) is 19.8. The van der Waals surface area contributed by atoms with E-state index in [1.807, 2.05) is 16.8 Å². The second kappa shape index (κ2) is 9.05. The molecule has 0 bridgehead atoms. The number of carbonyl (C=O) groups is 2. The van der Waals surface area contributed by atoms with E-state index in [0.29, 0.717) is 30.8 Å².